The Kier molecular flexibility index (Phi) is 3.28. The van der Waals surface area contributed by atoms with Gasteiger partial charge in [0, 0.05) is 26.1 Å². The molecule has 0 aromatic rings. The number of nitrogens with one attached hydrogen (secondary N) is 1. The fourth-order valence-electron chi connectivity index (χ4n) is 2.33. The van der Waals surface area contributed by atoms with Crippen LogP contribution in [-0.2, 0) is 4.74 Å². The molecule has 0 aromatic heterocycles. The van der Waals surface area contributed by atoms with Crippen LogP contribution in [0.1, 0.15) is 32.6 Å². The van der Waals surface area contributed by atoms with E-state index in [4.69, 9.17) is 10.00 Å². The van der Waals surface area contributed by atoms with Crippen molar-refractivity contribution in [1.29, 1.82) is 5.26 Å². The smallest absolute Gasteiger partial charge is 0.0628 e. The van der Waals surface area contributed by atoms with E-state index in [0.717, 1.165) is 26.1 Å². The lowest BCUT2D eigenvalue weighted by Crippen LogP contribution is -2.31. The second-order valence-electron chi connectivity index (χ2n) is 5.09. The summed E-state index contributed by atoms with van der Waals surface area (Å²) >= 11 is 0. The molecule has 1 heterocycles. The van der Waals surface area contributed by atoms with Crippen molar-refractivity contribution in [3.63, 3.8) is 0 Å². The molecule has 0 spiro atoms. The Morgan fingerprint density at radius 2 is 2.33 bits per heavy atom. The molecule has 15 heavy (non-hydrogen) atoms. The number of ether oxygens (including phenoxy) is 1. The van der Waals surface area contributed by atoms with Gasteiger partial charge in [0.15, 0.2) is 0 Å². The van der Waals surface area contributed by atoms with Crippen molar-refractivity contribution in [3.8, 4) is 6.07 Å². The monoisotopic (exact) mass is 208 g/mol. The molecule has 1 saturated heterocycles. The molecule has 3 nitrogen and oxygen atoms in total. The third-order valence-corrected chi connectivity index (χ3v) is 3.85. The van der Waals surface area contributed by atoms with Gasteiger partial charge in [-0.1, -0.05) is 0 Å². The van der Waals surface area contributed by atoms with Crippen LogP contribution < -0.4 is 5.32 Å². The zero-order valence-electron chi connectivity index (χ0n) is 9.46. The van der Waals surface area contributed by atoms with Crippen LogP contribution in [0.5, 0.6) is 0 Å². The minimum atomic E-state index is 0.331. The van der Waals surface area contributed by atoms with Gasteiger partial charge in [-0.15, -0.1) is 0 Å². The summed E-state index contributed by atoms with van der Waals surface area (Å²) in [6.45, 7) is 5.14. The van der Waals surface area contributed by atoms with Crippen LogP contribution in [0, 0.1) is 22.7 Å². The van der Waals surface area contributed by atoms with Gasteiger partial charge in [-0.3, -0.25) is 0 Å². The maximum absolute atomic E-state index is 8.70. The van der Waals surface area contributed by atoms with Crippen molar-refractivity contribution in [1.82, 2.24) is 5.32 Å². The minimum absolute atomic E-state index is 0.331. The molecule has 3 heteroatoms. The summed E-state index contributed by atoms with van der Waals surface area (Å²) in [7, 11) is 0. The Morgan fingerprint density at radius 1 is 1.53 bits per heavy atom. The molecule has 2 atom stereocenters. The van der Waals surface area contributed by atoms with Gasteiger partial charge in [0.2, 0.25) is 0 Å². The van der Waals surface area contributed by atoms with Gasteiger partial charge in [-0.2, -0.15) is 5.26 Å². The first kappa shape index (κ1) is 10.9. The van der Waals surface area contributed by atoms with E-state index in [1.807, 2.05) is 0 Å². The quantitative estimate of drug-likeness (QED) is 0.748. The lowest BCUT2D eigenvalue weighted by molar-refractivity contribution is 0.105. The van der Waals surface area contributed by atoms with E-state index in [1.165, 1.54) is 19.3 Å². The molecule has 2 unspecified atom stereocenters. The fourth-order valence-corrected chi connectivity index (χ4v) is 2.33. The highest BCUT2D eigenvalue weighted by atomic mass is 16.5. The van der Waals surface area contributed by atoms with E-state index in [2.05, 4.69) is 18.3 Å². The van der Waals surface area contributed by atoms with Crippen molar-refractivity contribution >= 4 is 0 Å². The zero-order valence-corrected chi connectivity index (χ0v) is 9.46. The van der Waals surface area contributed by atoms with Crippen LogP contribution in [0.2, 0.25) is 0 Å². The van der Waals surface area contributed by atoms with E-state index >= 15 is 0 Å². The SMILES string of the molecule is CC1OCCC1CNCC1(CC#N)CC1. The molecule has 2 rings (SSSR count). The van der Waals surface area contributed by atoms with E-state index in [9.17, 15) is 0 Å². The topological polar surface area (TPSA) is 45.0 Å². The van der Waals surface area contributed by atoms with Gasteiger partial charge < -0.3 is 10.1 Å². The number of nitriles is 1. The molecular formula is C12H20N2O. The zero-order chi connectivity index (χ0) is 10.7. The van der Waals surface area contributed by atoms with Crippen LogP contribution in [0.3, 0.4) is 0 Å². The van der Waals surface area contributed by atoms with Crippen molar-refractivity contribution in [3.05, 3.63) is 0 Å². The Labute approximate surface area is 91.8 Å². The summed E-state index contributed by atoms with van der Waals surface area (Å²) in [4.78, 5) is 0. The molecule has 1 aliphatic heterocycles. The van der Waals surface area contributed by atoms with Crippen molar-refractivity contribution < 1.29 is 4.74 Å². The molecule has 1 aliphatic carbocycles. The Hall–Kier alpha value is -0.590. The molecule has 2 fully saturated rings. The first-order valence-electron chi connectivity index (χ1n) is 5.95. The highest BCUT2D eigenvalue weighted by molar-refractivity contribution is 5.00. The largest absolute Gasteiger partial charge is 0.378 e. The summed E-state index contributed by atoms with van der Waals surface area (Å²) in [6, 6.07) is 2.29. The summed E-state index contributed by atoms with van der Waals surface area (Å²) in [5, 5.41) is 12.2. The molecule has 2 aliphatic rings. The Balaban J connectivity index is 1.65. The van der Waals surface area contributed by atoms with Crippen LogP contribution in [0.4, 0.5) is 0 Å². The number of rotatable bonds is 5. The van der Waals surface area contributed by atoms with Gasteiger partial charge >= 0.3 is 0 Å². The van der Waals surface area contributed by atoms with E-state index in [-0.39, 0.29) is 0 Å². The molecule has 0 amide bonds. The minimum Gasteiger partial charge on any atom is -0.378 e. The van der Waals surface area contributed by atoms with Crippen LogP contribution in [0.15, 0.2) is 0 Å². The fraction of sp³-hybridized carbons (Fsp3) is 0.917. The van der Waals surface area contributed by atoms with E-state index in [0.29, 0.717) is 17.4 Å². The standard InChI is InChI=1S/C12H20N2O/c1-10-11(2-7-15-10)8-14-9-12(3-4-12)5-6-13/h10-11,14H,2-5,7-9H2,1H3. The molecule has 0 radical (unpaired) electrons. The van der Waals surface area contributed by atoms with Crippen molar-refractivity contribution in [2.24, 2.45) is 11.3 Å². The lowest BCUT2D eigenvalue weighted by Gasteiger charge is -2.17. The van der Waals surface area contributed by atoms with Gasteiger partial charge in [-0.05, 0) is 37.5 Å². The van der Waals surface area contributed by atoms with E-state index in [1.54, 1.807) is 0 Å². The number of hydrogen-bond donors (Lipinski definition) is 1. The molecule has 1 saturated carbocycles. The summed E-state index contributed by atoms with van der Waals surface area (Å²) in [5.41, 5.74) is 0.331. The normalized spacial score (nSPS) is 32.5. The summed E-state index contributed by atoms with van der Waals surface area (Å²) < 4.78 is 5.52. The molecular weight excluding hydrogens is 188 g/mol. The maximum atomic E-state index is 8.70. The molecule has 0 aromatic carbocycles. The summed E-state index contributed by atoms with van der Waals surface area (Å²) in [5.74, 6) is 0.669. The van der Waals surface area contributed by atoms with Gasteiger partial charge in [0.25, 0.3) is 0 Å². The Morgan fingerprint density at radius 3 is 2.87 bits per heavy atom. The van der Waals surface area contributed by atoms with Crippen molar-refractivity contribution in [2.75, 3.05) is 19.7 Å². The predicted octanol–water partition coefficient (Wildman–Crippen LogP) is 1.69. The molecule has 1 N–H and O–H groups in total. The summed E-state index contributed by atoms with van der Waals surface area (Å²) in [6.07, 6.45) is 4.76. The Bertz CT molecular complexity index is 255. The molecule has 84 valence electrons. The average molecular weight is 208 g/mol. The van der Waals surface area contributed by atoms with Gasteiger partial charge in [0.1, 0.15) is 0 Å². The van der Waals surface area contributed by atoms with Gasteiger partial charge in [-0.25, -0.2) is 0 Å². The van der Waals surface area contributed by atoms with E-state index < -0.39 is 0 Å². The van der Waals surface area contributed by atoms with Crippen molar-refractivity contribution in [2.45, 2.75) is 38.7 Å². The van der Waals surface area contributed by atoms with Crippen LogP contribution >= 0.6 is 0 Å². The second-order valence-corrected chi connectivity index (χ2v) is 5.09. The third kappa shape index (κ3) is 2.70. The number of nitrogens with zero attached hydrogens (tertiary/aromatic N) is 1. The third-order valence-electron chi connectivity index (χ3n) is 3.85. The maximum Gasteiger partial charge on any atom is 0.0628 e. The highest BCUT2D eigenvalue weighted by Crippen LogP contribution is 2.47. The predicted molar refractivity (Wildman–Crippen MR) is 58.3 cm³/mol. The first-order chi connectivity index (χ1) is 7.26. The van der Waals surface area contributed by atoms with Crippen LogP contribution in [0.25, 0.3) is 0 Å². The second kappa shape index (κ2) is 4.51. The number of hydrogen-bond acceptors (Lipinski definition) is 3. The molecule has 0 bridgehead atoms. The van der Waals surface area contributed by atoms with Crippen LogP contribution in [-0.4, -0.2) is 25.8 Å². The first-order valence-corrected chi connectivity index (χ1v) is 5.95. The average Bonchev–Trinajstić information content (AvgIpc) is 2.85. The highest BCUT2D eigenvalue weighted by Gasteiger charge is 2.42. The van der Waals surface area contributed by atoms with Gasteiger partial charge in [0.05, 0.1) is 12.2 Å². The lowest BCUT2D eigenvalue weighted by atomic mass is 10.0.